The Kier molecular flexibility index (Phi) is 4.57. The highest BCUT2D eigenvalue weighted by Gasteiger charge is 2.68. The second-order valence-electron chi connectivity index (χ2n) is 8.96. The third kappa shape index (κ3) is 2.48. The van der Waals surface area contributed by atoms with Crippen molar-refractivity contribution in [3.8, 4) is 5.75 Å². The first-order valence-corrected chi connectivity index (χ1v) is 9.97. The first-order valence-electron chi connectivity index (χ1n) is 9.97. The summed E-state index contributed by atoms with van der Waals surface area (Å²) in [5, 5.41) is 53.9. The number of nitrogens with two attached hydrogens (primary N) is 1. The number of hydrogen-bond donors (Lipinski definition) is 6. The van der Waals surface area contributed by atoms with Crippen LogP contribution in [0.1, 0.15) is 24.5 Å². The van der Waals surface area contributed by atoms with Crippen molar-refractivity contribution in [2.45, 2.75) is 30.6 Å². The predicted molar refractivity (Wildman–Crippen MR) is 110 cm³/mol. The maximum atomic E-state index is 13.6. The van der Waals surface area contributed by atoms with E-state index in [0.29, 0.717) is 0 Å². The van der Waals surface area contributed by atoms with E-state index in [2.05, 4.69) is 0 Å². The molecule has 1 unspecified atom stereocenters. The van der Waals surface area contributed by atoms with Gasteiger partial charge in [-0.3, -0.25) is 19.3 Å². The van der Waals surface area contributed by atoms with Gasteiger partial charge in [-0.15, -0.1) is 0 Å². The number of benzene rings is 1. The van der Waals surface area contributed by atoms with Crippen molar-refractivity contribution in [3.63, 3.8) is 0 Å². The lowest BCUT2D eigenvalue weighted by atomic mass is 9.53. The molecule has 0 amide bonds. The summed E-state index contributed by atoms with van der Waals surface area (Å²) in [6.45, 7) is 1.40. The van der Waals surface area contributed by atoms with Gasteiger partial charge < -0.3 is 31.3 Å². The molecule has 0 radical (unpaired) electrons. The van der Waals surface area contributed by atoms with Gasteiger partial charge in [-0.05, 0) is 39.1 Å². The number of ketones is 3. The lowest BCUT2D eigenvalue weighted by molar-refractivity contribution is -0.169. The van der Waals surface area contributed by atoms with Gasteiger partial charge in [-0.1, -0.05) is 12.1 Å². The number of aliphatic hydroxyl groups excluding tert-OH is 2. The van der Waals surface area contributed by atoms with E-state index < -0.39 is 75.0 Å². The molecular weight excluding hydrogens is 420 g/mol. The van der Waals surface area contributed by atoms with Gasteiger partial charge in [0.15, 0.2) is 17.3 Å². The normalized spacial score (nSPS) is 36.1. The van der Waals surface area contributed by atoms with E-state index in [1.807, 2.05) is 0 Å². The van der Waals surface area contributed by atoms with Crippen molar-refractivity contribution < 1.29 is 39.9 Å². The molecule has 0 spiro atoms. The van der Waals surface area contributed by atoms with Crippen molar-refractivity contribution in [2.24, 2.45) is 17.6 Å². The Hall–Kier alpha value is -3.21. The maximum Gasteiger partial charge on any atom is 0.211 e. The predicted octanol–water partition coefficient (Wildman–Crippen LogP) is -0.371. The molecule has 2 fully saturated rings. The molecule has 10 heteroatoms. The van der Waals surface area contributed by atoms with Crippen molar-refractivity contribution >= 4 is 23.1 Å². The van der Waals surface area contributed by atoms with E-state index in [4.69, 9.17) is 5.73 Å². The Morgan fingerprint density at radius 1 is 1.12 bits per heavy atom. The second kappa shape index (κ2) is 6.64. The Labute approximate surface area is 182 Å². The van der Waals surface area contributed by atoms with E-state index in [1.165, 1.54) is 44.1 Å². The van der Waals surface area contributed by atoms with Crippen LogP contribution in [0.5, 0.6) is 5.75 Å². The number of Topliss-reactive ketones (excluding diaryl/α,β-unsaturated/α-hetero) is 3. The lowest BCUT2D eigenvalue weighted by Gasteiger charge is -2.53. The zero-order valence-electron chi connectivity index (χ0n) is 17.7. The van der Waals surface area contributed by atoms with Crippen molar-refractivity contribution in [3.05, 3.63) is 46.4 Å². The first kappa shape index (κ1) is 22.0. The third-order valence-electron chi connectivity index (χ3n) is 7.01. The van der Waals surface area contributed by atoms with Gasteiger partial charge in [0.05, 0.1) is 17.2 Å². The molecule has 5 atom stereocenters. The summed E-state index contributed by atoms with van der Waals surface area (Å²) in [7, 11) is 3.01. The average molecular weight is 444 g/mol. The first-order chi connectivity index (χ1) is 14.8. The minimum Gasteiger partial charge on any atom is -0.507 e. The summed E-state index contributed by atoms with van der Waals surface area (Å²) in [4.78, 5) is 41.2. The van der Waals surface area contributed by atoms with Crippen LogP contribution in [0, 0.1) is 11.8 Å². The molecule has 1 aromatic carbocycles. The molecule has 10 nitrogen and oxygen atoms in total. The maximum absolute atomic E-state index is 13.6. The Morgan fingerprint density at radius 3 is 2.31 bits per heavy atom. The Bertz CT molecular complexity index is 1140. The Balaban J connectivity index is 2.03. The lowest BCUT2D eigenvalue weighted by Crippen LogP contribution is -2.70. The van der Waals surface area contributed by atoms with Gasteiger partial charge in [0.1, 0.15) is 17.1 Å². The van der Waals surface area contributed by atoms with Crippen LogP contribution in [0.2, 0.25) is 0 Å². The SMILES string of the molecule is CN(C)[C@@H]1C(=O)C(=C(N)O)C(=O)[C@@]2(O)C(=O)C3=C(O)c4c(O)cccc4[C@@](C)(O)C3C[C@@H]12. The van der Waals surface area contributed by atoms with Crippen LogP contribution in [0.4, 0.5) is 0 Å². The smallest absolute Gasteiger partial charge is 0.211 e. The standard InChI is InChI=1S/C22H24N2O8/c1-21(31)8-5-4-6-11(25)12(8)16(26)13-9(21)7-10-15(24(2)3)17(27)14(20(23)30)19(29)22(10,32)18(13)28/h4-6,9-10,15,25-26,30-32H,7,23H2,1-3H3/t9?,10-,15-,21+,22-/m0/s1. The van der Waals surface area contributed by atoms with E-state index in [1.54, 1.807) is 0 Å². The molecule has 0 bridgehead atoms. The zero-order valence-corrected chi connectivity index (χ0v) is 17.7. The fourth-order valence-corrected chi connectivity index (χ4v) is 5.49. The highest BCUT2D eigenvalue weighted by molar-refractivity contribution is 6.35. The number of aromatic hydroxyl groups is 1. The van der Waals surface area contributed by atoms with Crippen LogP contribution in [0.25, 0.3) is 5.76 Å². The zero-order chi connectivity index (χ0) is 23.9. The van der Waals surface area contributed by atoms with E-state index in [0.717, 1.165) is 0 Å². The molecule has 1 aromatic rings. The van der Waals surface area contributed by atoms with Crippen LogP contribution in [-0.2, 0) is 20.0 Å². The van der Waals surface area contributed by atoms with Crippen LogP contribution in [0.15, 0.2) is 35.2 Å². The van der Waals surface area contributed by atoms with Gasteiger partial charge in [0.25, 0.3) is 0 Å². The van der Waals surface area contributed by atoms with Crippen LogP contribution >= 0.6 is 0 Å². The third-order valence-corrected chi connectivity index (χ3v) is 7.01. The highest BCUT2D eigenvalue weighted by Crippen LogP contribution is 2.56. The van der Waals surface area contributed by atoms with Crippen molar-refractivity contribution in [1.29, 1.82) is 0 Å². The van der Waals surface area contributed by atoms with E-state index in [9.17, 15) is 39.9 Å². The minimum absolute atomic E-state index is 0.164. The molecule has 0 aromatic heterocycles. The molecule has 0 heterocycles. The van der Waals surface area contributed by atoms with E-state index >= 15 is 0 Å². The van der Waals surface area contributed by atoms with Crippen molar-refractivity contribution in [1.82, 2.24) is 4.90 Å². The average Bonchev–Trinajstić information content (AvgIpc) is 2.68. The van der Waals surface area contributed by atoms with Gasteiger partial charge in [-0.25, -0.2) is 0 Å². The highest BCUT2D eigenvalue weighted by atomic mass is 16.3. The summed E-state index contributed by atoms with van der Waals surface area (Å²) in [5.41, 5.74) is -0.589. The van der Waals surface area contributed by atoms with E-state index in [-0.39, 0.29) is 17.5 Å². The van der Waals surface area contributed by atoms with Crippen LogP contribution in [0.3, 0.4) is 0 Å². The number of carbonyl (C=O) groups is 3. The van der Waals surface area contributed by atoms with Crippen LogP contribution < -0.4 is 5.73 Å². The number of phenols is 1. The molecule has 32 heavy (non-hydrogen) atoms. The molecule has 7 N–H and O–H groups in total. The van der Waals surface area contributed by atoms with Gasteiger partial charge in [0.2, 0.25) is 11.6 Å². The molecule has 4 rings (SSSR count). The number of carbonyl (C=O) groups excluding carboxylic acids is 3. The number of fused-ring (bicyclic) bond motifs is 3. The molecular formula is C22H24N2O8. The summed E-state index contributed by atoms with van der Waals surface area (Å²) >= 11 is 0. The fourth-order valence-electron chi connectivity index (χ4n) is 5.49. The number of aliphatic hydroxyl groups is 4. The molecule has 3 aliphatic carbocycles. The second-order valence-corrected chi connectivity index (χ2v) is 8.96. The molecule has 0 aliphatic heterocycles. The Morgan fingerprint density at radius 2 is 1.75 bits per heavy atom. The molecule has 3 aliphatic rings. The summed E-state index contributed by atoms with van der Waals surface area (Å²) in [6.07, 6.45) is -0.220. The molecule has 2 saturated carbocycles. The number of nitrogens with zero attached hydrogens (tertiary/aromatic N) is 1. The quantitative estimate of drug-likeness (QED) is 0.145. The topological polar surface area (TPSA) is 182 Å². The van der Waals surface area contributed by atoms with Crippen molar-refractivity contribution in [2.75, 3.05) is 14.1 Å². The summed E-state index contributed by atoms with van der Waals surface area (Å²) < 4.78 is 0. The minimum atomic E-state index is -2.82. The number of phenolic OH excluding ortho intramolecular Hbond substituents is 1. The summed E-state index contributed by atoms with van der Waals surface area (Å²) in [6, 6.07) is 3.00. The molecule has 170 valence electrons. The molecule has 0 saturated heterocycles. The summed E-state index contributed by atoms with van der Waals surface area (Å²) in [5.74, 6) is -8.00. The van der Waals surface area contributed by atoms with Gasteiger partial charge in [-0.2, -0.15) is 0 Å². The van der Waals surface area contributed by atoms with Crippen LogP contribution in [-0.4, -0.2) is 73.5 Å². The fraction of sp³-hybridized carbons (Fsp3) is 0.409. The van der Waals surface area contributed by atoms with Gasteiger partial charge in [0, 0.05) is 17.4 Å². The number of rotatable bonds is 1. The van der Waals surface area contributed by atoms with Gasteiger partial charge >= 0.3 is 0 Å². The number of likely N-dealkylation sites (N-methyl/N-ethyl adjacent to an activating group) is 1. The monoisotopic (exact) mass is 444 g/mol. The largest absolute Gasteiger partial charge is 0.507 e. The number of hydrogen-bond acceptors (Lipinski definition) is 10.